The molecule has 1 aliphatic heterocycles. The van der Waals surface area contributed by atoms with Crippen molar-refractivity contribution in [2.24, 2.45) is 5.92 Å². The largest absolute Gasteiger partial charge is 0.464 e. The van der Waals surface area contributed by atoms with Gasteiger partial charge in [-0.05, 0) is 31.7 Å². The molecule has 1 atom stereocenters. The first-order chi connectivity index (χ1) is 9.74. The molecule has 1 N–H and O–H groups in total. The Morgan fingerprint density at radius 1 is 1.35 bits per heavy atom. The van der Waals surface area contributed by atoms with Crippen molar-refractivity contribution in [3.63, 3.8) is 0 Å². The molecule has 0 amide bonds. The number of hydrogen-bond acceptors (Lipinski definition) is 6. The Hall–Kier alpha value is -1.53. The Morgan fingerprint density at radius 2 is 2.15 bits per heavy atom. The van der Waals surface area contributed by atoms with E-state index in [0.717, 1.165) is 37.1 Å². The van der Waals surface area contributed by atoms with Crippen molar-refractivity contribution >= 4 is 5.97 Å². The highest BCUT2D eigenvalue weighted by atomic mass is 16.5. The Morgan fingerprint density at radius 3 is 2.80 bits per heavy atom. The summed E-state index contributed by atoms with van der Waals surface area (Å²) in [6.45, 7) is 1.49. The van der Waals surface area contributed by atoms with Crippen LogP contribution in [0.1, 0.15) is 46.5 Å². The van der Waals surface area contributed by atoms with Crippen LogP contribution in [0.2, 0.25) is 0 Å². The molecule has 0 saturated heterocycles. The average Bonchev–Trinajstić information content (AvgIpc) is 3.31. The minimum absolute atomic E-state index is 0.120. The first-order valence-electron chi connectivity index (χ1n) is 6.96. The van der Waals surface area contributed by atoms with Crippen LogP contribution in [0, 0.1) is 5.92 Å². The van der Waals surface area contributed by atoms with Gasteiger partial charge < -0.3 is 14.8 Å². The zero-order valence-corrected chi connectivity index (χ0v) is 11.8. The Balaban J connectivity index is 2.04. The number of aromatic nitrogens is 2. The maximum absolute atomic E-state index is 12.0. The fourth-order valence-electron chi connectivity index (χ4n) is 2.68. The highest BCUT2D eigenvalue weighted by Crippen LogP contribution is 2.42. The second kappa shape index (κ2) is 5.46. The lowest BCUT2D eigenvalue weighted by Crippen LogP contribution is -2.29. The molecule has 1 unspecified atom stereocenters. The number of nitrogens with one attached hydrogen (secondary N) is 1. The number of hydrogen-bond donors (Lipinski definition) is 1. The lowest BCUT2D eigenvalue weighted by molar-refractivity contribution is 0.0582. The third-order valence-corrected chi connectivity index (χ3v) is 3.89. The topological polar surface area (TPSA) is 73.3 Å². The summed E-state index contributed by atoms with van der Waals surface area (Å²) in [4.78, 5) is 21.0. The molecule has 3 rings (SSSR count). The van der Waals surface area contributed by atoms with E-state index in [1.165, 1.54) is 7.11 Å². The van der Waals surface area contributed by atoms with Crippen LogP contribution >= 0.6 is 0 Å². The van der Waals surface area contributed by atoms with Gasteiger partial charge >= 0.3 is 5.97 Å². The van der Waals surface area contributed by atoms with Gasteiger partial charge in [0.2, 0.25) is 0 Å². The lowest BCUT2D eigenvalue weighted by Gasteiger charge is -2.21. The van der Waals surface area contributed by atoms with E-state index in [0.29, 0.717) is 24.0 Å². The van der Waals surface area contributed by atoms with Crippen molar-refractivity contribution in [2.75, 3.05) is 20.8 Å². The molecule has 0 radical (unpaired) electrons. The monoisotopic (exact) mass is 277 g/mol. The molecule has 2 aliphatic rings. The zero-order chi connectivity index (χ0) is 14.1. The number of methoxy groups -OCH3 is 2. The molecular formula is C14H19N3O3. The predicted molar refractivity (Wildman–Crippen MR) is 71.3 cm³/mol. The van der Waals surface area contributed by atoms with Crippen LogP contribution < -0.4 is 5.32 Å². The smallest absolute Gasteiger partial charge is 0.357 e. The second-order valence-electron chi connectivity index (χ2n) is 5.27. The number of carbonyl (C=O) groups excluding carboxylic acids is 1. The van der Waals surface area contributed by atoms with E-state index in [2.05, 4.69) is 15.3 Å². The van der Waals surface area contributed by atoms with Crippen molar-refractivity contribution in [2.45, 2.75) is 31.9 Å². The molecule has 1 saturated carbocycles. The van der Waals surface area contributed by atoms with Gasteiger partial charge in [0.05, 0.1) is 12.8 Å². The van der Waals surface area contributed by atoms with Crippen molar-refractivity contribution in [1.82, 2.24) is 15.3 Å². The summed E-state index contributed by atoms with van der Waals surface area (Å²) >= 11 is 0. The first kappa shape index (κ1) is 13.5. The quantitative estimate of drug-likeness (QED) is 0.828. The van der Waals surface area contributed by atoms with Crippen LogP contribution in [0.5, 0.6) is 0 Å². The summed E-state index contributed by atoms with van der Waals surface area (Å²) in [7, 11) is 3.05. The van der Waals surface area contributed by atoms with Crippen molar-refractivity contribution in [3.8, 4) is 0 Å². The van der Waals surface area contributed by atoms with E-state index in [-0.39, 0.29) is 6.10 Å². The van der Waals surface area contributed by atoms with E-state index >= 15 is 0 Å². The standard InChI is InChI=1S/C14H19N3O3/c1-19-12(8-3-4-8)13-16-10-7-15-6-5-9(10)11(17-13)14(18)20-2/h8,12,15H,3-7H2,1-2H3. The molecule has 108 valence electrons. The van der Waals surface area contributed by atoms with E-state index in [1.54, 1.807) is 7.11 Å². The van der Waals surface area contributed by atoms with Crippen LogP contribution in [0.15, 0.2) is 0 Å². The summed E-state index contributed by atoms with van der Waals surface area (Å²) in [5.74, 6) is 0.690. The van der Waals surface area contributed by atoms with Gasteiger partial charge in [0.25, 0.3) is 0 Å². The minimum Gasteiger partial charge on any atom is -0.464 e. The number of fused-ring (bicyclic) bond motifs is 1. The average molecular weight is 277 g/mol. The van der Waals surface area contributed by atoms with Crippen molar-refractivity contribution in [1.29, 1.82) is 0 Å². The van der Waals surface area contributed by atoms with Crippen molar-refractivity contribution < 1.29 is 14.3 Å². The maximum Gasteiger partial charge on any atom is 0.357 e. The van der Waals surface area contributed by atoms with E-state index in [9.17, 15) is 4.79 Å². The number of rotatable bonds is 4. The molecule has 6 nitrogen and oxygen atoms in total. The summed E-state index contributed by atoms with van der Waals surface area (Å²) in [5.41, 5.74) is 2.20. The van der Waals surface area contributed by atoms with E-state index < -0.39 is 5.97 Å². The van der Waals surface area contributed by atoms with Gasteiger partial charge in [0, 0.05) is 19.2 Å². The van der Waals surface area contributed by atoms with E-state index in [1.807, 2.05) is 0 Å². The van der Waals surface area contributed by atoms with Crippen LogP contribution in [-0.2, 0) is 22.4 Å². The summed E-state index contributed by atoms with van der Waals surface area (Å²) in [6.07, 6.45) is 2.89. The summed E-state index contributed by atoms with van der Waals surface area (Å²) in [6, 6.07) is 0. The third kappa shape index (κ3) is 2.41. The van der Waals surface area contributed by atoms with Crippen LogP contribution in [0.4, 0.5) is 0 Å². The summed E-state index contributed by atoms with van der Waals surface area (Å²) < 4.78 is 10.4. The summed E-state index contributed by atoms with van der Waals surface area (Å²) in [5, 5.41) is 3.27. The number of nitrogens with zero attached hydrogens (tertiary/aromatic N) is 2. The molecule has 1 aromatic heterocycles. The van der Waals surface area contributed by atoms with Gasteiger partial charge in [-0.15, -0.1) is 0 Å². The molecular weight excluding hydrogens is 258 g/mol. The number of ether oxygens (including phenoxy) is 2. The Labute approximate surface area is 117 Å². The highest BCUT2D eigenvalue weighted by Gasteiger charge is 2.36. The van der Waals surface area contributed by atoms with Crippen LogP contribution in [0.3, 0.4) is 0 Å². The van der Waals surface area contributed by atoms with Gasteiger partial charge in [-0.25, -0.2) is 14.8 Å². The zero-order valence-electron chi connectivity index (χ0n) is 11.8. The Kier molecular flexibility index (Phi) is 3.67. The van der Waals surface area contributed by atoms with Gasteiger partial charge in [-0.2, -0.15) is 0 Å². The number of esters is 1. The molecule has 1 aliphatic carbocycles. The number of carbonyl (C=O) groups is 1. The SMILES string of the molecule is COC(=O)c1nc(C(OC)C2CC2)nc2c1CCNC2. The lowest BCUT2D eigenvalue weighted by atomic mass is 10.0. The molecule has 2 heterocycles. The van der Waals surface area contributed by atoms with Gasteiger partial charge in [-0.3, -0.25) is 0 Å². The maximum atomic E-state index is 12.0. The first-order valence-corrected chi connectivity index (χ1v) is 6.96. The molecule has 0 spiro atoms. The molecule has 0 aromatic carbocycles. The predicted octanol–water partition coefficient (Wildman–Crippen LogP) is 1.01. The fraction of sp³-hybridized carbons (Fsp3) is 0.643. The van der Waals surface area contributed by atoms with E-state index in [4.69, 9.17) is 9.47 Å². The molecule has 20 heavy (non-hydrogen) atoms. The normalized spacial score (nSPS) is 19.3. The van der Waals surface area contributed by atoms with Gasteiger partial charge in [-0.1, -0.05) is 0 Å². The van der Waals surface area contributed by atoms with Gasteiger partial charge in [0.1, 0.15) is 6.10 Å². The van der Waals surface area contributed by atoms with Crippen LogP contribution in [-0.4, -0.2) is 36.7 Å². The Bertz CT molecular complexity index is 529. The molecule has 6 heteroatoms. The van der Waals surface area contributed by atoms with Gasteiger partial charge in [0.15, 0.2) is 11.5 Å². The second-order valence-corrected chi connectivity index (χ2v) is 5.27. The third-order valence-electron chi connectivity index (χ3n) is 3.89. The molecule has 0 bridgehead atoms. The fourth-order valence-corrected chi connectivity index (χ4v) is 2.68. The highest BCUT2D eigenvalue weighted by molar-refractivity contribution is 5.89. The minimum atomic E-state index is -0.391. The van der Waals surface area contributed by atoms with Crippen LogP contribution in [0.25, 0.3) is 0 Å². The molecule has 1 fully saturated rings. The van der Waals surface area contributed by atoms with Crippen molar-refractivity contribution in [3.05, 3.63) is 22.8 Å². The molecule has 1 aromatic rings.